The van der Waals surface area contributed by atoms with Crippen molar-refractivity contribution in [2.75, 3.05) is 16.1 Å². The molecule has 0 unspecified atom stereocenters. The van der Waals surface area contributed by atoms with E-state index in [1.807, 2.05) is 79.0 Å². The van der Waals surface area contributed by atoms with Crippen LogP contribution in [0.4, 0.5) is 29.2 Å². The Hall–Kier alpha value is -5.63. The van der Waals surface area contributed by atoms with Gasteiger partial charge in [-0.2, -0.15) is 25.2 Å². The van der Waals surface area contributed by atoms with Gasteiger partial charge in [-0.15, -0.1) is 0 Å². The Morgan fingerprint density at radius 1 is 0.733 bits per heavy atom. The van der Waals surface area contributed by atoms with Crippen LogP contribution in [-0.2, 0) is 10.0 Å². The number of hydrogen-bond acceptors (Lipinski definition) is 10. The Bertz CT molecular complexity index is 2050. The van der Waals surface area contributed by atoms with E-state index in [9.17, 15) is 8.42 Å². The van der Waals surface area contributed by atoms with Gasteiger partial charge in [0.1, 0.15) is 5.69 Å². The van der Waals surface area contributed by atoms with E-state index in [1.54, 1.807) is 35.2 Å². The minimum absolute atomic E-state index is 0.0135. The number of hydrogen-bond donors (Lipinski definition) is 4. The molecule has 0 bridgehead atoms. The third-order valence-corrected chi connectivity index (χ3v) is 7.53. The number of para-hydroxylation sites is 2. The van der Waals surface area contributed by atoms with Gasteiger partial charge in [-0.25, -0.2) is 23.7 Å². The maximum absolute atomic E-state index is 11.6. The normalized spacial score (nSPS) is 11.4. The summed E-state index contributed by atoms with van der Waals surface area (Å²) in [5.74, 6) is 0.575. The van der Waals surface area contributed by atoms with E-state index in [0.717, 1.165) is 22.5 Å². The average Bonchev–Trinajstić information content (AvgIpc) is 3.46. The highest BCUT2D eigenvalue weighted by molar-refractivity contribution is 7.89. The molecule has 224 valence electrons. The molecule has 0 radical (unpaired) electrons. The van der Waals surface area contributed by atoms with Gasteiger partial charge in [0.25, 0.3) is 0 Å². The number of anilines is 5. The molecule has 0 amide bonds. The third-order valence-electron chi connectivity index (χ3n) is 6.35. The number of primary sulfonamides is 1. The first kappa shape index (κ1) is 29.4. The van der Waals surface area contributed by atoms with Crippen LogP contribution in [0.15, 0.2) is 125 Å². The van der Waals surface area contributed by atoms with Crippen molar-refractivity contribution < 1.29 is 8.42 Å². The highest BCUT2D eigenvalue weighted by Crippen LogP contribution is 2.25. The van der Waals surface area contributed by atoms with Crippen LogP contribution < -0.4 is 21.2 Å². The molecule has 4 aromatic carbocycles. The molecule has 14 heteroatoms. The van der Waals surface area contributed by atoms with Gasteiger partial charge in [0.15, 0.2) is 0 Å². The Morgan fingerprint density at radius 3 is 1.93 bits per heavy atom. The molecule has 0 saturated carbocycles. The van der Waals surface area contributed by atoms with E-state index in [-0.39, 0.29) is 22.7 Å². The second-order valence-corrected chi connectivity index (χ2v) is 11.6. The largest absolute Gasteiger partial charge is 0.324 e. The second-order valence-electron chi connectivity index (χ2n) is 9.58. The summed E-state index contributed by atoms with van der Waals surface area (Å²) in [6.45, 7) is 0. The lowest BCUT2D eigenvalue weighted by Crippen LogP contribution is -2.12. The first-order valence-electron chi connectivity index (χ1n) is 13.5. The molecule has 0 aliphatic heterocycles. The van der Waals surface area contributed by atoms with Crippen LogP contribution in [0.1, 0.15) is 5.56 Å². The van der Waals surface area contributed by atoms with Gasteiger partial charge < -0.3 is 10.6 Å². The number of nitrogens with two attached hydrogens (primary N) is 1. The zero-order valence-corrected chi connectivity index (χ0v) is 25.0. The predicted molar refractivity (Wildman–Crippen MR) is 176 cm³/mol. The number of aromatic nitrogens is 5. The minimum Gasteiger partial charge on any atom is -0.324 e. The predicted octanol–water partition coefficient (Wildman–Crippen LogP) is 5.96. The fraction of sp³-hybridized carbons (Fsp3) is 0. The lowest BCUT2D eigenvalue weighted by atomic mass is 10.1. The smallest absolute Gasteiger partial charge is 0.250 e. The molecule has 0 atom stereocenters. The summed E-state index contributed by atoms with van der Waals surface area (Å²) in [7, 11) is -3.83. The van der Waals surface area contributed by atoms with Crippen molar-refractivity contribution in [1.29, 1.82) is 0 Å². The number of rotatable bonds is 10. The molecule has 6 aromatic rings. The summed E-state index contributed by atoms with van der Waals surface area (Å²) in [6.07, 6.45) is 3.50. The number of benzene rings is 4. The maximum atomic E-state index is 11.6. The van der Waals surface area contributed by atoms with Crippen molar-refractivity contribution in [3.8, 4) is 16.9 Å². The number of hydrazone groups is 1. The Kier molecular flexibility index (Phi) is 8.46. The number of sulfonamides is 1. The average molecular weight is 637 g/mol. The summed E-state index contributed by atoms with van der Waals surface area (Å²) in [5, 5.41) is 21.3. The van der Waals surface area contributed by atoms with Gasteiger partial charge in [0, 0.05) is 33.7 Å². The molecule has 2 heterocycles. The van der Waals surface area contributed by atoms with Gasteiger partial charge in [-0.1, -0.05) is 60.1 Å². The van der Waals surface area contributed by atoms with Crippen LogP contribution in [-0.4, -0.2) is 39.4 Å². The number of nitrogens with zero attached hydrogens (tertiary/aromatic N) is 6. The summed E-state index contributed by atoms with van der Waals surface area (Å²) in [6, 6.07) is 32.4. The Labute approximate surface area is 263 Å². The van der Waals surface area contributed by atoms with Gasteiger partial charge in [0.2, 0.25) is 27.9 Å². The highest BCUT2D eigenvalue weighted by atomic mass is 35.5. The van der Waals surface area contributed by atoms with Gasteiger partial charge in [-0.3, -0.25) is 0 Å². The summed E-state index contributed by atoms with van der Waals surface area (Å²) in [4.78, 5) is 13.3. The maximum Gasteiger partial charge on any atom is 0.250 e. The molecule has 6 rings (SSSR count). The lowest BCUT2D eigenvalue weighted by molar-refractivity contribution is 0.598. The monoisotopic (exact) mass is 636 g/mol. The van der Waals surface area contributed by atoms with Crippen LogP contribution >= 0.6 is 11.6 Å². The summed E-state index contributed by atoms with van der Waals surface area (Å²) >= 11 is 6.12. The topological polar surface area (TPSA) is 165 Å². The molecule has 2 aromatic heterocycles. The zero-order chi connectivity index (χ0) is 31.2. The van der Waals surface area contributed by atoms with Gasteiger partial charge >= 0.3 is 0 Å². The number of halogens is 1. The van der Waals surface area contributed by atoms with E-state index in [0.29, 0.717) is 16.4 Å². The van der Waals surface area contributed by atoms with Crippen molar-refractivity contribution in [2.24, 2.45) is 10.2 Å². The van der Waals surface area contributed by atoms with Crippen LogP contribution in [0, 0.1) is 0 Å². The standard InChI is InChI=1S/C31H25ClN10O2S/c32-23-13-11-21(12-14-23)28-22(20-42(41-28)26-9-5-2-6-10-26)19-34-40-31-38-29(35-24-7-3-1-4-8-24)37-30(39-31)36-25-15-17-27(18-16-25)45(33,43)44/h1-20H,(H2,33,43,44)(H3,35,36,37,38,39,40)/b34-19+. The van der Waals surface area contributed by atoms with E-state index in [2.05, 4.69) is 36.1 Å². The summed E-state index contributed by atoms with van der Waals surface area (Å²) < 4.78 is 25.1. The third kappa shape index (κ3) is 7.48. The molecular formula is C31H25ClN10O2S. The van der Waals surface area contributed by atoms with Crippen molar-refractivity contribution in [1.82, 2.24) is 24.7 Å². The van der Waals surface area contributed by atoms with Crippen molar-refractivity contribution >= 4 is 57.1 Å². The molecule has 0 spiro atoms. The molecule has 0 aliphatic rings. The van der Waals surface area contributed by atoms with Crippen LogP contribution in [0.25, 0.3) is 16.9 Å². The first-order chi connectivity index (χ1) is 21.8. The first-order valence-corrected chi connectivity index (χ1v) is 15.4. The lowest BCUT2D eigenvalue weighted by Gasteiger charge is -2.10. The van der Waals surface area contributed by atoms with Crippen molar-refractivity contribution in [2.45, 2.75) is 4.90 Å². The van der Waals surface area contributed by atoms with Crippen molar-refractivity contribution in [3.05, 3.63) is 126 Å². The number of nitrogens with one attached hydrogen (secondary N) is 3. The minimum atomic E-state index is -3.83. The molecule has 0 saturated heterocycles. The second kappa shape index (κ2) is 12.9. The molecule has 12 nitrogen and oxygen atoms in total. The highest BCUT2D eigenvalue weighted by Gasteiger charge is 2.13. The molecule has 0 fully saturated rings. The Morgan fingerprint density at radius 2 is 1.31 bits per heavy atom. The van der Waals surface area contributed by atoms with E-state index in [4.69, 9.17) is 21.8 Å². The van der Waals surface area contributed by atoms with Crippen LogP contribution in [0.2, 0.25) is 5.02 Å². The van der Waals surface area contributed by atoms with Crippen LogP contribution in [0.3, 0.4) is 0 Å². The molecule has 45 heavy (non-hydrogen) atoms. The van der Waals surface area contributed by atoms with E-state index >= 15 is 0 Å². The summed E-state index contributed by atoms with van der Waals surface area (Å²) in [5.41, 5.74) is 7.38. The fourth-order valence-corrected chi connectivity index (χ4v) is 4.87. The SMILES string of the molecule is NS(=O)(=O)c1ccc(Nc2nc(N/N=C/c3cn(-c4ccccc4)nc3-c3ccc(Cl)cc3)nc(Nc3ccccc3)n2)cc1. The van der Waals surface area contributed by atoms with Gasteiger partial charge in [-0.05, 0) is 60.7 Å². The fourth-order valence-electron chi connectivity index (χ4n) is 4.23. The van der Waals surface area contributed by atoms with Crippen molar-refractivity contribution in [3.63, 3.8) is 0 Å². The van der Waals surface area contributed by atoms with E-state index < -0.39 is 10.0 Å². The molecule has 0 aliphatic carbocycles. The van der Waals surface area contributed by atoms with Crippen LogP contribution in [0.5, 0.6) is 0 Å². The quantitative estimate of drug-likeness (QED) is 0.105. The van der Waals surface area contributed by atoms with E-state index in [1.165, 1.54) is 12.1 Å². The Balaban J connectivity index is 1.30. The molecular weight excluding hydrogens is 612 g/mol. The zero-order valence-electron chi connectivity index (χ0n) is 23.4. The van der Waals surface area contributed by atoms with Gasteiger partial charge in [0.05, 0.1) is 16.8 Å². The molecule has 5 N–H and O–H groups in total.